The van der Waals surface area contributed by atoms with E-state index in [-0.39, 0.29) is 11.7 Å². The van der Waals surface area contributed by atoms with Crippen LogP contribution in [-0.2, 0) is 14.3 Å². The quantitative estimate of drug-likeness (QED) is 0.454. The summed E-state index contributed by atoms with van der Waals surface area (Å²) in [4.78, 5) is 31.2. The molecule has 1 aliphatic heterocycles. The first kappa shape index (κ1) is 20.4. The number of rotatable bonds is 2. The number of carbonyl (C=O) groups excluding carboxylic acids is 2. The van der Waals surface area contributed by atoms with E-state index in [0.29, 0.717) is 12.0 Å². The number of anilines is 1. The van der Waals surface area contributed by atoms with Gasteiger partial charge < -0.3 is 10.1 Å². The Bertz CT molecular complexity index is 1290. The van der Waals surface area contributed by atoms with E-state index in [4.69, 9.17) is 4.74 Å². The van der Waals surface area contributed by atoms with Crippen LogP contribution < -0.4 is 5.32 Å². The lowest BCUT2D eigenvalue weighted by Gasteiger charge is -2.43. The molecule has 0 saturated carbocycles. The number of hydrogen-bond acceptors (Lipinski definition) is 5. The first-order valence-electron chi connectivity index (χ1n) is 10.9. The molecule has 2 heterocycles. The van der Waals surface area contributed by atoms with Crippen molar-refractivity contribution in [3.63, 3.8) is 0 Å². The molecule has 2 aromatic carbocycles. The number of hydrogen-bond donors (Lipinski definition) is 1. The van der Waals surface area contributed by atoms with E-state index >= 15 is 0 Å². The third-order valence-corrected chi connectivity index (χ3v) is 6.80. The average Bonchev–Trinajstić information content (AvgIpc) is 2.77. The molecule has 5 heteroatoms. The molecule has 0 radical (unpaired) electrons. The molecule has 1 aliphatic carbocycles. The van der Waals surface area contributed by atoms with Crippen LogP contribution in [0.25, 0.3) is 10.9 Å². The molecule has 5 rings (SSSR count). The van der Waals surface area contributed by atoms with Crippen molar-refractivity contribution in [3.05, 3.63) is 82.7 Å². The number of ether oxygens (including phenoxy) is 1. The van der Waals surface area contributed by atoms with Gasteiger partial charge in [0.15, 0.2) is 5.78 Å². The number of Topliss-reactive ketones (excluding diaryl/α,β-unsaturated/α-hetero) is 1. The van der Waals surface area contributed by atoms with Crippen molar-refractivity contribution in [2.24, 2.45) is 11.3 Å². The number of nitrogens with zero attached hydrogens (tertiary/aromatic N) is 1. The average molecular weight is 427 g/mol. The normalized spacial score (nSPS) is 21.6. The Labute approximate surface area is 187 Å². The molecule has 3 aromatic rings. The number of nitrogens with one attached hydrogen (secondary N) is 1. The highest BCUT2D eigenvalue weighted by molar-refractivity contribution is 6.13. The van der Waals surface area contributed by atoms with Gasteiger partial charge in [0.1, 0.15) is 5.92 Å². The molecule has 0 saturated heterocycles. The summed E-state index contributed by atoms with van der Waals surface area (Å²) in [5.41, 5.74) is 6.06. The van der Waals surface area contributed by atoms with Gasteiger partial charge in [-0.25, -0.2) is 0 Å². The Hall–Kier alpha value is -3.47. The summed E-state index contributed by atoms with van der Waals surface area (Å²) in [7, 11) is 1.35. The van der Waals surface area contributed by atoms with Gasteiger partial charge in [-0.3, -0.25) is 14.6 Å². The van der Waals surface area contributed by atoms with E-state index in [1.54, 1.807) is 6.20 Å². The van der Waals surface area contributed by atoms with Crippen molar-refractivity contribution in [3.8, 4) is 0 Å². The number of ketones is 1. The van der Waals surface area contributed by atoms with E-state index in [9.17, 15) is 9.59 Å². The van der Waals surface area contributed by atoms with Crippen molar-refractivity contribution in [1.82, 2.24) is 4.98 Å². The van der Waals surface area contributed by atoms with Crippen LogP contribution in [0.2, 0.25) is 0 Å². The number of aromatic nitrogens is 1. The second-order valence-corrected chi connectivity index (χ2v) is 9.44. The van der Waals surface area contributed by atoms with Gasteiger partial charge >= 0.3 is 5.97 Å². The molecule has 32 heavy (non-hydrogen) atoms. The van der Waals surface area contributed by atoms with Crippen molar-refractivity contribution < 1.29 is 14.3 Å². The zero-order chi connectivity index (χ0) is 22.6. The molecule has 1 aromatic heterocycles. The van der Waals surface area contributed by atoms with Gasteiger partial charge in [0.05, 0.1) is 12.6 Å². The summed E-state index contributed by atoms with van der Waals surface area (Å²) >= 11 is 0. The van der Waals surface area contributed by atoms with Gasteiger partial charge in [0.2, 0.25) is 0 Å². The fourth-order valence-electron chi connectivity index (χ4n) is 5.28. The molecule has 1 N–H and O–H groups in total. The molecule has 0 spiro atoms. The van der Waals surface area contributed by atoms with E-state index in [1.165, 1.54) is 7.11 Å². The highest BCUT2D eigenvalue weighted by Gasteiger charge is 2.51. The Balaban J connectivity index is 1.80. The second-order valence-electron chi connectivity index (χ2n) is 9.44. The van der Waals surface area contributed by atoms with Crippen molar-refractivity contribution in [2.75, 3.05) is 12.4 Å². The first-order chi connectivity index (χ1) is 15.3. The molecule has 0 bridgehead atoms. The Morgan fingerprint density at radius 1 is 1.12 bits per heavy atom. The third-order valence-electron chi connectivity index (χ3n) is 6.80. The number of fused-ring (bicyclic) bond motifs is 3. The molecule has 2 unspecified atom stereocenters. The van der Waals surface area contributed by atoms with Gasteiger partial charge in [-0.05, 0) is 48.1 Å². The summed E-state index contributed by atoms with van der Waals surface area (Å²) in [6, 6.07) is 16.3. The maximum atomic E-state index is 14.0. The van der Waals surface area contributed by atoms with Gasteiger partial charge in [-0.15, -0.1) is 0 Å². The lowest BCUT2D eigenvalue weighted by atomic mass is 9.63. The third kappa shape index (κ3) is 3.03. The SMILES string of the molecule is COC(=O)C1C(=O)C2=C(CC1(C)C)Nc1ccc3ncccc3c1C2c1ccc(C)cc1. The van der Waals surface area contributed by atoms with Crippen LogP contribution in [0.3, 0.4) is 0 Å². The van der Waals surface area contributed by atoms with E-state index in [2.05, 4.69) is 34.6 Å². The highest BCUT2D eigenvalue weighted by Crippen LogP contribution is 2.52. The van der Waals surface area contributed by atoms with E-state index in [1.807, 2.05) is 45.0 Å². The monoisotopic (exact) mass is 426 g/mol. The van der Waals surface area contributed by atoms with Gasteiger partial charge in [-0.1, -0.05) is 49.7 Å². The first-order valence-corrected chi connectivity index (χ1v) is 10.9. The fourth-order valence-corrected chi connectivity index (χ4v) is 5.28. The predicted octanol–water partition coefficient (Wildman–Crippen LogP) is 5.14. The molecule has 2 aliphatic rings. The number of esters is 1. The van der Waals surface area contributed by atoms with Crippen LogP contribution in [0.15, 0.2) is 66.0 Å². The molecule has 162 valence electrons. The van der Waals surface area contributed by atoms with Crippen LogP contribution in [0.5, 0.6) is 0 Å². The van der Waals surface area contributed by atoms with Crippen LogP contribution >= 0.6 is 0 Å². The number of pyridine rings is 1. The summed E-state index contributed by atoms with van der Waals surface area (Å²) in [6.07, 6.45) is 2.36. The smallest absolute Gasteiger partial charge is 0.317 e. The lowest BCUT2D eigenvalue weighted by molar-refractivity contribution is -0.154. The van der Waals surface area contributed by atoms with Crippen molar-refractivity contribution >= 4 is 28.3 Å². The summed E-state index contributed by atoms with van der Waals surface area (Å²) in [6.45, 7) is 5.96. The topological polar surface area (TPSA) is 68.3 Å². The molecular weight excluding hydrogens is 400 g/mol. The summed E-state index contributed by atoms with van der Waals surface area (Å²) < 4.78 is 5.06. The second kappa shape index (κ2) is 7.30. The number of aryl methyl sites for hydroxylation is 1. The minimum absolute atomic E-state index is 0.160. The standard InChI is InChI=1S/C27H26N2O3/c1-15-7-9-16(10-8-15)21-22-17-6-5-13-28-18(17)11-12-19(22)29-20-14-27(2,3)24(26(31)32-4)25(30)23(20)21/h5-13,21,24,29H,14H2,1-4H3. The highest BCUT2D eigenvalue weighted by atomic mass is 16.5. The lowest BCUT2D eigenvalue weighted by Crippen LogP contribution is -2.45. The Morgan fingerprint density at radius 3 is 2.59 bits per heavy atom. The zero-order valence-electron chi connectivity index (χ0n) is 18.7. The number of methoxy groups -OCH3 is 1. The summed E-state index contributed by atoms with van der Waals surface area (Å²) in [5.74, 6) is -1.76. The van der Waals surface area contributed by atoms with Crippen LogP contribution in [0, 0.1) is 18.3 Å². The van der Waals surface area contributed by atoms with Crippen LogP contribution in [0.4, 0.5) is 5.69 Å². The van der Waals surface area contributed by atoms with Gasteiger partial charge in [0.25, 0.3) is 0 Å². The summed E-state index contributed by atoms with van der Waals surface area (Å²) in [5, 5.41) is 4.55. The molecule has 2 atom stereocenters. The van der Waals surface area contributed by atoms with Crippen LogP contribution in [-0.4, -0.2) is 23.8 Å². The maximum absolute atomic E-state index is 14.0. The minimum atomic E-state index is -0.837. The van der Waals surface area contributed by atoms with Crippen molar-refractivity contribution in [1.29, 1.82) is 0 Å². The van der Waals surface area contributed by atoms with Crippen molar-refractivity contribution in [2.45, 2.75) is 33.1 Å². The van der Waals surface area contributed by atoms with Crippen LogP contribution in [0.1, 0.15) is 42.9 Å². The number of benzene rings is 2. The molecule has 0 fully saturated rings. The Kier molecular flexibility index (Phi) is 4.66. The fraction of sp³-hybridized carbons (Fsp3) is 0.296. The Morgan fingerprint density at radius 2 is 1.88 bits per heavy atom. The molecule has 0 amide bonds. The van der Waals surface area contributed by atoms with Gasteiger partial charge in [-0.2, -0.15) is 0 Å². The number of allylic oxidation sites excluding steroid dienone is 2. The predicted molar refractivity (Wildman–Crippen MR) is 124 cm³/mol. The van der Waals surface area contributed by atoms with E-state index in [0.717, 1.165) is 39.0 Å². The zero-order valence-corrected chi connectivity index (χ0v) is 18.7. The number of carbonyl (C=O) groups is 2. The maximum Gasteiger partial charge on any atom is 0.317 e. The molecule has 5 nitrogen and oxygen atoms in total. The van der Waals surface area contributed by atoms with E-state index < -0.39 is 17.3 Å². The van der Waals surface area contributed by atoms with Gasteiger partial charge in [0, 0.05) is 34.5 Å². The largest absolute Gasteiger partial charge is 0.468 e. The molecular formula is C27H26N2O3. The minimum Gasteiger partial charge on any atom is -0.468 e.